The Morgan fingerprint density at radius 3 is 2.90 bits per heavy atom. The molecule has 2 heteroatoms. The first-order valence-electron chi connectivity index (χ1n) is 4.05. The van der Waals surface area contributed by atoms with Gasteiger partial charge >= 0.3 is 0 Å². The number of hydrogen-bond acceptors (Lipinski definition) is 1. The third-order valence-electron chi connectivity index (χ3n) is 1.85. The summed E-state index contributed by atoms with van der Waals surface area (Å²) in [6, 6.07) is 0. The Bertz CT molecular complexity index is 87.3. The summed E-state index contributed by atoms with van der Waals surface area (Å²) in [7, 11) is 5.94. The van der Waals surface area contributed by atoms with Crippen molar-refractivity contribution in [2.24, 2.45) is 0 Å². The topological polar surface area (TPSA) is 13.7 Å². The standard InChI is InChI=1S/C8H17NO/c1-9(2)7-8-5-3-4-6-10-8/h8-9H,1,3-7H2,2H3. The van der Waals surface area contributed by atoms with Crippen molar-refractivity contribution in [1.29, 1.82) is 0 Å². The van der Waals surface area contributed by atoms with Gasteiger partial charge < -0.3 is 9.64 Å². The van der Waals surface area contributed by atoms with Gasteiger partial charge in [0.05, 0.1) is 6.54 Å². The van der Waals surface area contributed by atoms with Gasteiger partial charge in [-0.25, -0.2) is 0 Å². The summed E-state index contributed by atoms with van der Waals surface area (Å²) in [4.78, 5) is 1.24. The molecule has 0 saturated carbocycles. The van der Waals surface area contributed by atoms with Gasteiger partial charge in [0.25, 0.3) is 0 Å². The first-order valence-corrected chi connectivity index (χ1v) is 4.05. The predicted octanol–water partition coefficient (Wildman–Crippen LogP) is -0.138. The third-order valence-corrected chi connectivity index (χ3v) is 1.85. The van der Waals surface area contributed by atoms with Gasteiger partial charge in [0.2, 0.25) is 0 Å². The van der Waals surface area contributed by atoms with Crippen molar-refractivity contribution >= 4 is 0 Å². The Kier molecular flexibility index (Phi) is 3.16. The lowest BCUT2D eigenvalue weighted by Gasteiger charge is -2.26. The molecule has 1 aliphatic heterocycles. The van der Waals surface area contributed by atoms with E-state index in [9.17, 15) is 0 Å². The normalized spacial score (nSPS) is 30.0. The predicted molar refractivity (Wildman–Crippen MR) is 40.7 cm³/mol. The van der Waals surface area contributed by atoms with E-state index in [0.717, 1.165) is 13.2 Å². The van der Waals surface area contributed by atoms with Crippen molar-refractivity contribution in [2.75, 3.05) is 20.2 Å². The molecule has 0 spiro atoms. The molecule has 2 atom stereocenters. The molecule has 0 amide bonds. The molecule has 2 unspecified atom stereocenters. The van der Waals surface area contributed by atoms with Gasteiger partial charge in [-0.2, -0.15) is 7.05 Å². The average molecular weight is 143 g/mol. The zero-order valence-electron chi connectivity index (χ0n) is 6.73. The van der Waals surface area contributed by atoms with Gasteiger partial charge in [0.15, 0.2) is 0 Å². The van der Waals surface area contributed by atoms with Crippen molar-refractivity contribution < 1.29 is 9.64 Å². The van der Waals surface area contributed by atoms with Crippen molar-refractivity contribution in [3.8, 4) is 0 Å². The summed E-state index contributed by atoms with van der Waals surface area (Å²) in [6.07, 6.45) is 4.28. The van der Waals surface area contributed by atoms with E-state index in [-0.39, 0.29) is 0 Å². The second kappa shape index (κ2) is 3.94. The van der Waals surface area contributed by atoms with Crippen LogP contribution in [0.3, 0.4) is 0 Å². The number of rotatable bonds is 2. The lowest BCUT2D eigenvalue weighted by molar-refractivity contribution is -0.835. The number of ether oxygens (including phenoxy) is 1. The molecule has 0 aromatic rings. The molecular weight excluding hydrogens is 126 g/mol. The number of hydrogen-bond donors (Lipinski definition) is 1. The molecule has 0 aliphatic carbocycles. The molecule has 0 radical (unpaired) electrons. The minimum atomic E-state index is 0.478. The summed E-state index contributed by atoms with van der Waals surface area (Å²) in [5, 5.41) is 0. The van der Waals surface area contributed by atoms with Crippen LogP contribution in [0.25, 0.3) is 0 Å². The Hall–Kier alpha value is -0.0800. The van der Waals surface area contributed by atoms with E-state index in [1.807, 2.05) is 0 Å². The number of likely N-dealkylation sites (N-methyl/N-ethyl adjacent to an activating group) is 1. The Balaban J connectivity index is 2.13. The van der Waals surface area contributed by atoms with Gasteiger partial charge in [0, 0.05) is 13.7 Å². The first kappa shape index (κ1) is 8.02. The molecule has 0 aromatic heterocycles. The third kappa shape index (κ3) is 2.67. The summed E-state index contributed by atoms with van der Waals surface area (Å²) in [6.45, 7) is 2.01. The lowest BCUT2D eigenvalue weighted by Crippen LogP contribution is -3.04. The van der Waals surface area contributed by atoms with Crippen molar-refractivity contribution in [1.82, 2.24) is 0 Å². The summed E-state index contributed by atoms with van der Waals surface area (Å²) in [5.41, 5.74) is 0. The fourth-order valence-corrected chi connectivity index (χ4v) is 1.36. The smallest absolute Gasteiger partial charge is 0.104 e. The van der Waals surface area contributed by atoms with Gasteiger partial charge in [-0.3, -0.25) is 0 Å². The maximum absolute atomic E-state index is 5.53. The number of quaternary nitrogens is 1. The van der Waals surface area contributed by atoms with Gasteiger partial charge in [0.1, 0.15) is 6.10 Å². The van der Waals surface area contributed by atoms with Crippen LogP contribution in [-0.2, 0) is 4.74 Å². The average Bonchev–Trinajstić information content (AvgIpc) is 1.88. The SMILES string of the molecule is [CH2-][NH+](C)CC1CCCCO1. The summed E-state index contributed by atoms with van der Waals surface area (Å²) in [5.74, 6) is 0. The van der Waals surface area contributed by atoms with Crippen LogP contribution in [0.5, 0.6) is 0 Å². The highest BCUT2D eigenvalue weighted by Crippen LogP contribution is 2.10. The Morgan fingerprint density at radius 1 is 1.60 bits per heavy atom. The highest BCUT2D eigenvalue weighted by atomic mass is 16.5. The van der Waals surface area contributed by atoms with Crippen LogP contribution in [0.2, 0.25) is 0 Å². The van der Waals surface area contributed by atoms with Gasteiger partial charge in [-0.1, -0.05) is 0 Å². The molecule has 1 saturated heterocycles. The van der Waals surface area contributed by atoms with Gasteiger partial charge in [-0.15, -0.1) is 0 Å². The zero-order chi connectivity index (χ0) is 7.40. The highest BCUT2D eigenvalue weighted by molar-refractivity contribution is 4.61. The molecule has 1 aliphatic rings. The van der Waals surface area contributed by atoms with Gasteiger partial charge in [-0.05, 0) is 19.3 Å². The van der Waals surface area contributed by atoms with E-state index in [4.69, 9.17) is 4.74 Å². The van der Waals surface area contributed by atoms with Crippen molar-refractivity contribution in [2.45, 2.75) is 25.4 Å². The lowest BCUT2D eigenvalue weighted by atomic mass is 10.1. The van der Waals surface area contributed by atoms with E-state index < -0.39 is 0 Å². The van der Waals surface area contributed by atoms with Crippen LogP contribution in [0, 0.1) is 7.05 Å². The molecule has 1 rings (SSSR count). The quantitative estimate of drug-likeness (QED) is 0.531. The van der Waals surface area contributed by atoms with E-state index >= 15 is 0 Å². The Labute approximate surface area is 63.2 Å². The summed E-state index contributed by atoms with van der Waals surface area (Å²) >= 11 is 0. The molecule has 0 aromatic carbocycles. The van der Waals surface area contributed by atoms with Crippen molar-refractivity contribution in [3.05, 3.63) is 7.05 Å². The molecule has 10 heavy (non-hydrogen) atoms. The van der Waals surface area contributed by atoms with Crippen LogP contribution in [0.15, 0.2) is 0 Å². The highest BCUT2D eigenvalue weighted by Gasteiger charge is 2.14. The minimum Gasteiger partial charge on any atom is -0.468 e. The fraction of sp³-hybridized carbons (Fsp3) is 0.875. The van der Waals surface area contributed by atoms with Crippen LogP contribution in [-0.4, -0.2) is 26.3 Å². The van der Waals surface area contributed by atoms with E-state index in [1.54, 1.807) is 0 Å². The molecular formula is C8H17NO. The largest absolute Gasteiger partial charge is 0.468 e. The molecule has 60 valence electrons. The zero-order valence-corrected chi connectivity index (χ0v) is 6.73. The van der Waals surface area contributed by atoms with E-state index in [2.05, 4.69) is 14.1 Å². The minimum absolute atomic E-state index is 0.478. The van der Waals surface area contributed by atoms with Crippen LogP contribution < -0.4 is 4.90 Å². The molecule has 1 fully saturated rings. The Morgan fingerprint density at radius 2 is 2.40 bits per heavy atom. The first-order chi connectivity index (χ1) is 4.79. The van der Waals surface area contributed by atoms with Crippen LogP contribution in [0.1, 0.15) is 19.3 Å². The molecule has 2 nitrogen and oxygen atoms in total. The van der Waals surface area contributed by atoms with Crippen LogP contribution in [0.4, 0.5) is 0 Å². The number of nitrogens with one attached hydrogen (secondary N) is 1. The van der Waals surface area contributed by atoms with E-state index in [0.29, 0.717) is 6.10 Å². The fourth-order valence-electron chi connectivity index (χ4n) is 1.36. The monoisotopic (exact) mass is 143 g/mol. The maximum Gasteiger partial charge on any atom is 0.104 e. The maximum atomic E-state index is 5.53. The van der Waals surface area contributed by atoms with E-state index in [1.165, 1.54) is 24.2 Å². The second-order valence-corrected chi connectivity index (χ2v) is 3.15. The molecule has 1 heterocycles. The van der Waals surface area contributed by atoms with Crippen molar-refractivity contribution in [3.63, 3.8) is 0 Å². The summed E-state index contributed by atoms with van der Waals surface area (Å²) < 4.78 is 5.53. The second-order valence-electron chi connectivity index (χ2n) is 3.15. The molecule has 0 bridgehead atoms. The van der Waals surface area contributed by atoms with Crippen LogP contribution >= 0.6 is 0 Å². The molecule has 1 N–H and O–H groups in total.